The fraction of sp³-hybridized carbons (Fsp3) is 0.226. The number of hydrogen-bond donors (Lipinski definition) is 1. The van der Waals surface area contributed by atoms with E-state index in [1.165, 1.54) is 23.3 Å². The monoisotopic (exact) mass is 584 g/mol. The van der Waals surface area contributed by atoms with Crippen LogP contribution in [0.4, 0.5) is 5.13 Å². The van der Waals surface area contributed by atoms with Gasteiger partial charge in [0.15, 0.2) is 22.4 Å². The van der Waals surface area contributed by atoms with Crippen molar-refractivity contribution in [2.24, 2.45) is 0 Å². The second-order valence-corrected chi connectivity index (χ2v) is 10.8. The number of aliphatic hydroxyl groups excluding tert-OH is 1. The number of rotatable bonds is 7. The summed E-state index contributed by atoms with van der Waals surface area (Å²) in [6.07, 6.45) is 1.84. The second-order valence-electron chi connectivity index (χ2n) is 9.77. The Morgan fingerprint density at radius 2 is 1.83 bits per heavy atom. The zero-order valence-electron chi connectivity index (χ0n) is 23.7. The van der Waals surface area contributed by atoms with E-state index in [1.807, 2.05) is 42.6 Å². The molecule has 1 aliphatic rings. The van der Waals surface area contributed by atoms with Gasteiger partial charge in [-0.15, -0.1) is 0 Å². The van der Waals surface area contributed by atoms with Crippen molar-refractivity contribution in [3.05, 3.63) is 82.8 Å². The molecule has 1 saturated heterocycles. The number of imidazole rings is 1. The van der Waals surface area contributed by atoms with E-state index >= 15 is 0 Å². The first kappa shape index (κ1) is 27.3. The van der Waals surface area contributed by atoms with E-state index in [2.05, 4.69) is 9.97 Å². The minimum absolute atomic E-state index is 0.0905. The number of Topliss-reactive ketones (excluding diaryl/α,β-unsaturated/α-hetero) is 1. The molecule has 0 radical (unpaired) electrons. The van der Waals surface area contributed by atoms with Crippen LogP contribution in [0, 0.1) is 13.8 Å². The molecule has 1 amide bonds. The van der Waals surface area contributed by atoms with Gasteiger partial charge in [-0.2, -0.15) is 0 Å². The van der Waals surface area contributed by atoms with Crippen molar-refractivity contribution in [3.8, 4) is 17.2 Å². The number of methoxy groups -OCH3 is 2. The molecule has 2 aromatic carbocycles. The third-order valence-electron chi connectivity index (χ3n) is 7.35. The molecule has 42 heavy (non-hydrogen) atoms. The highest BCUT2D eigenvalue weighted by atomic mass is 32.1. The molecule has 3 aromatic heterocycles. The molecule has 1 N–H and O–H groups in total. The van der Waals surface area contributed by atoms with Crippen LogP contribution in [0.2, 0.25) is 0 Å². The van der Waals surface area contributed by atoms with Crippen LogP contribution in [0.3, 0.4) is 0 Å². The molecule has 214 valence electrons. The van der Waals surface area contributed by atoms with Crippen LogP contribution >= 0.6 is 11.3 Å². The molecule has 1 atom stereocenters. The number of anilines is 1. The molecular weight excluding hydrogens is 556 g/mol. The minimum Gasteiger partial charge on any atom is -0.505 e. The summed E-state index contributed by atoms with van der Waals surface area (Å²) in [4.78, 5) is 38.2. The predicted molar refractivity (Wildman–Crippen MR) is 160 cm³/mol. The summed E-state index contributed by atoms with van der Waals surface area (Å²) in [5.74, 6) is -0.427. The Morgan fingerprint density at radius 3 is 2.55 bits per heavy atom. The molecule has 11 heteroatoms. The highest BCUT2D eigenvalue weighted by Gasteiger charge is 2.49. The van der Waals surface area contributed by atoms with Crippen LogP contribution < -0.4 is 19.1 Å². The van der Waals surface area contributed by atoms with Crippen molar-refractivity contribution < 1.29 is 28.9 Å². The number of carbonyl (C=O) groups excluding carboxylic acids is 2. The van der Waals surface area contributed by atoms with E-state index in [4.69, 9.17) is 14.2 Å². The molecule has 0 aliphatic carbocycles. The third-order valence-corrected chi connectivity index (χ3v) is 8.36. The van der Waals surface area contributed by atoms with Gasteiger partial charge in [-0.1, -0.05) is 23.5 Å². The second kappa shape index (κ2) is 10.5. The molecule has 0 saturated carbocycles. The zero-order chi connectivity index (χ0) is 29.7. The maximum Gasteiger partial charge on any atom is 0.301 e. The molecule has 6 rings (SSSR count). The molecule has 10 nitrogen and oxygen atoms in total. The maximum absolute atomic E-state index is 13.8. The van der Waals surface area contributed by atoms with E-state index in [9.17, 15) is 14.7 Å². The van der Waals surface area contributed by atoms with Crippen molar-refractivity contribution in [3.63, 3.8) is 0 Å². The Kier molecular flexibility index (Phi) is 6.82. The number of thiazole rings is 1. The predicted octanol–water partition coefficient (Wildman–Crippen LogP) is 5.60. The van der Waals surface area contributed by atoms with Crippen LogP contribution in [0.15, 0.2) is 60.3 Å². The zero-order valence-corrected chi connectivity index (χ0v) is 24.5. The summed E-state index contributed by atoms with van der Waals surface area (Å²) in [7, 11) is 3.09. The van der Waals surface area contributed by atoms with E-state index in [0.29, 0.717) is 51.4 Å². The largest absolute Gasteiger partial charge is 0.505 e. The quantitative estimate of drug-likeness (QED) is 0.149. The smallest absolute Gasteiger partial charge is 0.301 e. The first-order chi connectivity index (χ1) is 20.3. The van der Waals surface area contributed by atoms with E-state index < -0.39 is 17.7 Å². The van der Waals surface area contributed by atoms with E-state index in [1.54, 1.807) is 44.4 Å². The molecule has 0 bridgehead atoms. The van der Waals surface area contributed by atoms with Crippen LogP contribution in [0.5, 0.6) is 17.2 Å². The van der Waals surface area contributed by atoms with Gasteiger partial charge in [-0.3, -0.25) is 14.5 Å². The van der Waals surface area contributed by atoms with Gasteiger partial charge in [0.1, 0.15) is 17.1 Å². The van der Waals surface area contributed by atoms with Gasteiger partial charge in [0.25, 0.3) is 5.78 Å². The summed E-state index contributed by atoms with van der Waals surface area (Å²) >= 11 is 1.25. The number of aromatic nitrogens is 3. The summed E-state index contributed by atoms with van der Waals surface area (Å²) < 4.78 is 19.3. The lowest BCUT2D eigenvalue weighted by molar-refractivity contribution is -0.132. The standard InChI is InChI=1S/C31H28N4O6S/c1-6-41-21-12-9-18(14-22(21)40-5)26-24(27(36)25-17(3)34-13-7-8-16(2)29(34)33-25)28(37)30(38)35(26)31-32-20-11-10-19(39-4)15-23(20)42-31/h7-15,26,36H,6H2,1-5H3. The van der Waals surface area contributed by atoms with Crippen LogP contribution in [0.25, 0.3) is 21.6 Å². The summed E-state index contributed by atoms with van der Waals surface area (Å²) in [6, 6.07) is 13.4. The van der Waals surface area contributed by atoms with E-state index in [0.717, 1.165) is 10.3 Å². The van der Waals surface area contributed by atoms with Crippen molar-refractivity contribution in [2.45, 2.75) is 26.8 Å². The number of fused-ring (bicyclic) bond motifs is 2. The number of ether oxygens (including phenoxy) is 3. The summed E-state index contributed by atoms with van der Waals surface area (Å²) in [6.45, 7) is 6.01. The molecule has 1 aliphatic heterocycles. The van der Waals surface area contributed by atoms with Crippen molar-refractivity contribution in [1.82, 2.24) is 14.4 Å². The Labute approximate surface area is 245 Å². The summed E-state index contributed by atoms with van der Waals surface area (Å²) in [5.41, 5.74) is 3.49. The average molecular weight is 585 g/mol. The van der Waals surface area contributed by atoms with Crippen LogP contribution in [-0.4, -0.2) is 52.0 Å². The highest BCUT2D eigenvalue weighted by molar-refractivity contribution is 7.22. The fourth-order valence-electron chi connectivity index (χ4n) is 5.27. The normalized spacial score (nSPS) is 16.5. The van der Waals surface area contributed by atoms with Crippen molar-refractivity contribution in [2.75, 3.05) is 25.7 Å². The number of aryl methyl sites for hydroxylation is 2. The molecule has 0 spiro atoms. The van der Waals surface area contributed by atoms with E-state index in [-0.39, 0.29) is 17.0 Å². The topological polar surface area (TPSA) is 115 Å². The fourth-order valence-corrected chi connectivity index (χ4v) is 6.29. The summed E-state index contributed by atoms with van der Waals surface area (Å²) in [5, 5.41) is 12.1. The van der Waals surface area contributed by atoms with Crippen molar-refractivity contribution >= 4 is 49.8 Å². The lowest BCUT2D eigenvalue weighted by Gasteiger charge is -2.23. The highest BCUT2D eigenvalue weighted by Crippen LogP contribution is 2.46. The maximum atomic E-state index is 13.8. The number of aliphatic hydroxyl groups is 1. The van der Waals surface area contributed by atoms with Gasteiger partial charge in [0.2, 0.25) is 0 Å². The van der Waals surface area contributed by atoms with Gasteiger partial charge in [-0.25, -0.2) is 9.97 Å². The number of carbonyl (C=O) groups is 2. The molecule has 4 heterocycles. The lowest BCUT2D eigenvalue weighted by Crippen LogP contribution is -2.29. The minimum atomic E-state index is -1.01. The van der Waals surface area contributed by atoms with Crippen LogP contribution in [-0.2, 0) is 9.59 Å². The molecule has 5 aromatic rings. The SMILES string of the molecule is CCOc1ccc(C2C(=C(O)c3nc4c(C)cccn4c3C)C(=O)C(=O)N2c2nc3ccc(OC)cc3s2)cc1OC. The number of ketones is 1. The number of benzene rings is 2. The van der Waals surface area contributed by atoms with Gasteiger partial charge in [-0.05, 0) is 68.3 Å². The Hall–Kier alpha value is -4.90. The Bertz CT molecular complexity index is 1920. The molecule has 1 fully saturated rings. The van der Waals surface area contributed by atoms with Crippen LogP contribution in [0.1, 0.15) is 35.5 Å². The first-order valence-electron chi connectivity index (χ1n) is 13.3. The average Bonchev–Trinajstić information content (AvgIpc) is 3.65. The van der Waals surface area contributed by atoms with Gasteiger partial charge in [0, 0.05) is 6.20 Å². The Morgan fingerprint density at radius 1 is 1.02 bits per heavy atom. The van der Waals surface area contributed by atoms with Gasteiger partial charge >= 0.3 is 5.91 Å². The number of amides is 1. The first-order valence-corrected chi connectivity index (χ1v) is 14.1. The number of pyridine rings is 1. The molecular formula is C31H28N4O6S. The number of hydrogen-bond acceptors (Lipinski definition) is 9. The van der Waals surface area contributed by atoms with Gasteiger partial charge < -0.3 is 23.7 Å². The lowest BCUT2D eigenvalue weighted by atomic mass is 9.96. The number of nitrogens with zero attached hydrogens (tertiary/aromatic N) is 4. The van der Waals surface area contributed by atoms with Gasteiger partial charge in [0.05, 0.1) is 48.4 Å². The van der Waals surface area contributed by atoms with Crippen molar-refractivity contribution in [1.29, 1.82) is 0 Å². The Balaban J connectivity index is 1.59. The molecule has 1 unspecified atom stereocenters. The third kappa shape index (κ3) is 4.24.